The number of amides is 3. The van der Waals surface area contributed by atoms with Crippen molar-refractivity contribution in [1.29, 1.82) is 0 Å². The minimum Gasteiger partial charge on any atom is -0.508 e. The second kappa shape index (κ2) is 13.6. The molecule has 4 unspecified atom stereocenters. The summed E-state index contributed by atoms with van der Waals surface area (Å²) in [6, 6.07) is 2.46. The van der Waals surface area contributed by atoms with Crippen LogP contribution in [0.1, 0.15) is 44.4 Å². The first-order valence-corrected chi connectivity index (χ1v) is 12.7. The van der Waals surface area contributed by atoms with E-state index in [-0.39, 0.29) is 36.8 Å². The van der Waals surface area contributed by atoms with E-state index < -0.39 is 42.0 Å². The van der Waals surface area contributed by atoms with Crippen molar-refractivity contribution >= 4 is 23.7 Å². The van der Waals surface area contributed by atoms with Crippen molar-refractivity contribution in [2.24, 2.45) is 5.92 Å². The molecule has 0 aliphatic carbocycles. The highest BCUT2D eigenvalue weighted by Crippen LogP contribution is 2.13. The number of hydrogen-bond acceptors (Lipinski definition) is 7. The lowest BCUT2D eigenvalue weighted by Gasteiger charge is -2.25. The SMILES string of the molecule is CC(C)CC(NC(=O)C(Cc1ccc(O)cc1)NC(=O)C(Cc1cnc[nH]1)NC(=O)C1CCCN1)C(=O)O. The first-order valence-electron chi connectivity index (χ1n) is 12.7. The Labute approximate surface area is 221 Å². The topological polar surface area (TPSA) is 186 Å². The summed E-state index contributed by atoms with van der Waals surface area (Å²) in [5, 5.41) is 30.3. The standard InChI is InChI=1S/C26H36N6O6/c1-15(2)10-22(26(37)38)32-24(35)20(11-16-5-7-18(33)8-6-16)30-25(36)21(12-17-13-27-14-29-17)31-23(34)19-4-3-9-28-19/h5-8,13-15,19-22,28,33H,3-4,9-12H2,1-2H3,(H,27,29)(H,30,36)(H,31,34)(H,32,35)(H,37,38). The van der Waals surface area contributed by atoms with Gasteiger partial charge in [-0.2, -0.15) is 0 Å². The Morgan fingerprint density at radius 3 is 2.21 bits per heavy atom. The van der Waals surface area contributed by atoms with Crippen molar-refractivity contribution in [2.75, 3.05) is 6.54 Å². The van der Waals surface area contributed by atoms with Crippen molar-refractivity contribution in [1.82, 2.24) is 31.2 Å². The zero-order chi connectivity index (χ0) is 27.7. The van der Waals surface area contributed by atoms with Gasteiger partial charge in [0.15, 0.2) is 0 Å². The number of aromatic nitrogens is 2. The number of aliphatic carboxylic acids is 1. The molecule has 12 heteroatoms. The Kier molecular flexibility index (Phi) is 10.2. The molecule has 38 heavy (non-hydrogen) atoms. The zero-order valence-corrected chi connectivity index (χ0v) is 21.6. The van der Waals surface area contributed by atoms with Crippen LogP contribution in [0.25, 0.3) is 0 Å². The third kappa shape index (κ3) is 8.58. The van der Waals surface area contributed by atoms with Crippen LogP contribution < -0.4 is 21.3 Å². The number of rotatable bonds is 13. The predicted molar refractivity (Wildman–Crippen MR) is 138 cm³/mol. The van der Waals surface area contributed by atoms with Crippen LogP contribution in [0.3, 0.4) is 0 Å². The molecule has 4 atom stereocenters. The highest BCUT2D eigenvalue weighted by molar-refractivity contribution is 5.94. The summed E-state index contributed by atoms with van der Waals surface area (Å²) in [7, 11) is 0. The van der Waals surface area contributed by atoms with Gasteiger partial charge in [0, 0.05) is 24.7 Å². The fourth-order valence-electron chi connectivity index (χ4n) is 4.32. The lowest BCUT2D eigenvalue weighted by Crippen LogP contribution is -2.58. The summed E-state index contributed by atoms with van der Waals surface area (Å²) >= 11 is 0. The van der Waals surface area contributed by atoms with E-state index in [0.29, 0.717) is 24.2 Å². The molecular weight excluding hydrogens is 492 g/mol. The molecule has 3 amide bonds. The van der Waals surface area contributed by atoms with Gasteiger partial charge in [-0.1, -0.05) is 26.0 Å². The highest BCUT2D eigenvalue weighted by atomic mass is 16.4. The Balaban J connectivity index is 1.80. The Bertz CT molecular complexity index is 1080. The Hall–Kier alpha value is -3.93. The fourth-order valence-corrected chi connectivity index (χ4v) is 4.32. The average molecular weight is 529 g/mol. The maximum atomic E-state index is 13.5. The summed E-state index contributed by atoms with van der Waals surface area (Å²) in [6.07, 6.45) is 4.89. The van der Waals surface area contributed by atoms with E-state index in [1.54, 1.807) is 18.3 Å². The summed E-state index contributed by atoms with van der Waals surface area (Å²) < 4.78 is 0. The summed E-state index contributed by atoms with van der Waals surface area (Å²) in [5.74, 6) is -2.69. The van der Waals surface area contributed by atoms with Crippen LogP contribution in [0.5, 0.6) is 5.75 Å². The Morgan fingerprint density at radius 2 is 1.66 bits per heavy atom. The number of carboxylic acids is 1. The second-order valence-corrected chi connectivity index (χ2v) is 9.95. The number of aromatic hydroxyl groups is 1. The molecule has 1 saturated heterocycles. The molecule has 0 bridgehead atoms. The first kappa shape index (κ1) is 28.6. The van der Waals surface area contributed by atoms with Crippen molar-refractivity contribution in [3.05, 3.63) is 48.0 Å². The number of phenolic OH excluding ortho intramolecular Hbond substituents is 1. The van der Waals surface area contributed by atoms with Gasteiger partial charge < -0.3 is 36.5 Å². The van der Waals surface area contributed by atoms with Gasteiger partial charge in [0.1, 0.15) is 23.9 Å². The predicted octanol–water partition coefficient (Wildman–Crippen LogP) is 0.238. The van der Waals surface area contributed by atoms with Crippen LogP contribution in [0.4, 0.5) is 0 Å². The lowest BCUT2D eigenvalue weighted by molar-refractivity contribution is -0.142. The fraction of sp³-hybridized carbons (Fsp3) is 0.500. The van der Waals surface area contributed by atoms with Crippen molar-refractivity contribution < 1.29 is 29.4 Å². The van der Waals surface area contributed by atoms with Gasteiger partial charge in [0.05, 0.1) is 12.4 Å². The van der Waals surface area contributed by atoms with Gasteiger partial charge in [-0.15, -0.1) is 0 Å². The number of nitrogens with one attached hydrogen (secondary N) is 5. The van der Waals surface area contributed by atoms with Crippen LogP contribution in [0, 0.1) is 5.92 Å². The normalized spacial score (nSPS) is 17.4. The van der Waals surface area contributed by atoms with Crippen LogP contribution >= 0.6 is 0 Å². The van der Waals surface area contributed by atoms with Crippen molar-refractivity contribution in [2.45, 2.75) is 70.1 Å². The minimum atomic E-state index is -1.17. The monoisotopic (exact) mass is 528 g/mol. The van der Waals surface area contributed by atoms with E-state index in [1.165, 1.54) is 18.5 Å². The van der Waals surface area contributed by atoms with Gasteiger partial charge in [0.25, 0.3) is 0 Å². The number of aromatic amines is 1. The molecule has 1 aliphatic rings. The summed E-state index contributed by atoms with van der Waals surface area (Å²) in [5.41, 5.74) is 1.26. The van der Waals surface area contributed by atoms with Crippen LogP contribution in [0.15, 0.2) is 36.8 Å². The Morgan fingerprint density at radius 1 is 1.00 bits per heavy atom. The maximum absolute atomic E-state index is 13.5. The molecule has 1 aromatic carbocycles. The molecule has 1 fully saturated rings. The molecule has 0 spiro atoms. The smallest absolute Gasteiger partial charge is 0.326 e. The number of benzene rings is 1. The quantitative estimate of drug-likeness (QED) is 0.193. The number of phenols is 1. The van der Waals surface area contributed by atoms with Crippen LogP contribution in [0.2, 0.25) is 0 Å². The van der Waals surface area contributed by atoms with Crippen LogP contribution in [-0.4, -0.2) is 74.6 Å². The number of carbonyl (C=O) groups excluding carboxylic acids is 3. The van der Waals surface area contributed by atoms with Crippen LogP contribution in [-0.2, 0) is 32.0 Å². The van der Waals surface area contributed by atoms with E-state index in [9.17, 15) is 29.4 Å². The largest absolute Gasteiger partial charge is 0.508 e. The van der Waals surface area contributed by atoms with Gasteiger partial charge in [-0.25, -0.2) is 9.78 Å². The molecule has 7 N–H and O–H groups in total. The summed E-state index contributed by atoms with van der Waals surface area (Å²) in [6.45, 7) is 4.41. The molecule has 0 radical (unpaired) electrons. The zero-order valence-electron chi connectivity index (χ0n) is 21.6. The molecule has 0 saturated carbocycles. The molecule has 2 heterocycles. The summed E-state index contributed by atoms with van der Waals surface area (Å²) in [4.78, 5) is 58.2. The average Bonchev–Trinajstić information content (AvgIpc) is 3.58. The number of carboxylic acid groups (broad SMARTS) is 1. The van der Waals surface area contributed by atoms with Gasteiger partial charge >= 0.3 is 5.97 Å². The van der Waals surface area contributed by atoms with Crippen molar-refractivity contribution in [3.8, 4) is 5.75 Å². The van der Waals surface area contributed by atoms with Gasteiger partial charge in [-0.3, -0.25) is 14.4 Å². The van der Waals surface area contributed by atoms with E-state index in [4.69, 9.17) is 0 Å². The minimum absolute atomic E-state index is 0.0136. The van der Waals surface area contributed by atoms with E-state index in [1.807, 2.05) is 13.8 Å². The third-order valence-corrected chi connectivity index (χ3v) is 6.32. The van der Waals surface area contributed by atoms with E-state index in [2.05, 4.69) is 31.2 Å². The van der Waals surface area contributed by atoms with E-state index >= 15 is 0 Å². The van der Waals surface area contributed by atoms with Gasteiger partial charge in [0.2, 0.25) is 17.7 Å². The third-order valence-electron chi connectivity index (χ3n) is 6.32. The molecule has 2 aromatic rings. The maximum Gasteiger partial charge on any atom is 0.326 e. The second-order valence-electron chi connectivity index (χ2n) is 9.95. The van der Waals surface area contributed by atoms with E-state index in [0.717, 1.165) is 6.42 Å². The lowest BCUT2D eigenvalue weighted by atomic mass is 10.0. The molecule has 3 rings (SSSR count). The number of H-pyrrole nitrogens is 1. The highest BCUT2D eigenvalue weighted by Gasteiger charge is 2.32. The molecule has 1 aromatic heterocycles. The molecular formula is C26H36N6O6. The number of imidazole rings is 1. The first-order chi connectivity index (χ1) is 18.1. The molecule has 12 nitrogen and oxygen atoms in total. The molecule has 1 aliphatic heterocycles. The number of nitrogens with zero attached hydrogens (tertiary/aromatic N) is 1. The number of hydrogen-bond donors (Lipinski definition) is 7. The number of carbonyl (C=O) groups is 4. The molecule has 206 valence electrons. The van der Waals surface area contributed by atoms with Crippen molar-refractivity contribution in [3.63, 3.8) is 0 Å². The van der Waals surface area contributed by atoms with Gasteiger partial charge in [-0.05, 0) is 49.4 Å².